The highest BCUT2D eigenvalue weighted by atomic mass is 32.2. The number of pyridine rings is 1. The molecule has 1 aromatic heterocycles. The Morgan fingerprint density at radius 1 is 0.750 bits per heavy atom. The van der Waals surface area contributed by atoms with Gasteiger partial charge in [-0.1, -0.05) is 94.7 Å². The summed E-state index contributed by atoms with van der Waals surface area (Å²) in [5.41, 5.74) is 2.28. The first-order chi connectivity index (χ1) is 15.5. The average molecular weight is 453 g/mol. The van der Waals surface area contributed by atoms with Gasteiger partial charge in [-0.15, -0.1) is 0 Å². The number of para-hydroxylation sites is 1. The van der Waals surface area contributed by atoms with Crippen molar-refractivity contribution in [1.82, 2.24) is 4.98 Å². The zero-order valence-corrected chi connectivity index (χ0v) is 20.3. The molecule has 32 heavy (non-hydrogen) atoms. The van der Waals surface area contributed by atoms with Crippen LogP contribution in [0.1, 0.15) is 70.4 Å². The molecule has 0 radical (unpaired) electrons. The number of nitrogens with zero attached hydrogens (tertiary/aromatic N) is 2. The molecule has 2 aromatic carbocycles. The minimum Gasteiger partial charge on any atom is -0.264 e. The maximum Gasteiger partial charge on any atom is 0.264 e. The summed E-state index contributed by atoms with van der Waals surface area (Å²) in [7, 11) is -3.67. The molecule has 3 aromatic rings. The highest BCUT2D eigenvalue weighted by Crippen LogP contribution is 2.30. The van der Waals surface area contributed by atoms with Crippen LogP contribution < -0.4 is 4.31 Å². The Bertz CT molecular complexity index is 1080. The molecule has 0 atom stereocenters. The summed E-state index contributed by atoms with van der Waals surface area (Å²) in [4.78, 5) is 5.01. The largest absolute Gasteiger partial charge is 0.264 e. The van der Waals surface area contributed by atoms with E-state index in [-0.39, 0.29) is 0 Å². The molecule has 0 bridgehead atoms. The van der Waals surface area contributed by atoms with Crippen LogP contribution in [-0.4, -0.2) is 19.9 Å². The van der Waals surface area contributed by atoms with E-state index in [1.54, 1.807) is 28.6 Å². The van der Waals surface area contributed by atoms with E-state index in [1.165, 1.54) is 38.5 Å². The summed E-state index contributed by atoms with van der Waals surface area (Å²) in [6.45, 7) is 4.64. The van der Waals surface area contributed by atoms with E-state index < -0.39 is 10.0 Å². The van der Waals surface area contributed by atoms with E-state index in [2.05, 4.69) is 6.92 Å². The van der Waals surface area contributed by atoms with Crippen LogP contribution >= 0.6 is 0 Å². The fourth-order valence-corrected chi connectivity index (χ4v) is 5.62. The summed E-state index contributed by atoms with van der Waals surface area (Å²) in [6, 6.07) is 18.5. The van der Waals surface area contributed by atoms with Gasteiger partial charge < -0.3 is 0 Å². The third-order valence-electron chi connectivity index (χ3n) is 5.90. The van der Waals surface area contributed by atoms with E-state index in [9.17, 15) is 8.42 Å². The van der Waals surface area contributed by atoms with Gasteiger partial charge in [0.05, 0.1) is 16.1 Å². The van der Waals surface area contributed by atoms with Crippen molar-refractivity contribution in [2.75, 3.05) is 10.8 Å². The van der Waals surface area contributed by atoms with Gasteiger partial charge >= 0.3 is 0 Å². The second-order valence-corrected chi connectivity index (χ2v) is 10.4. The predicted molar refractivity (Wildman–Crippen MR) is 135 cm³/mol. The van der Waals surface area contributed by atoms with Crippen LogP contribution in [0.5, 0.6) is 0 Å². The van der Waals surface area contributed by atoms with E-state index in [1.807, 2.05) is 43.3 Å². The normalized spacial score (nSPS) is 11.7. The summed E-state index contributed by atoms with van der Waals surface area (Å²) in [5, 5.41) is 0.952. The zero-order valence-electron chi connectivity index (χ0n) is 19.5. The smallest absolute Gasteiger partial charge is 0.264 e. The van der Waals surface area contributed by atoms with Crippen molar-refractivity contribution in [3.05, 3.63) is 66.4 Å². The average Bonchev–Trinajstić information content (AvgIpc) is 2.80. The van der Waals surface area contributed by atoms with Crippen LogP contribution in [0.4, 0.5) is 5.69 Å². The van der Waals surface area contributed by atoms with E-state index in [0.29, 0.717) is 17.1 Å². The summed E-state index contributed by atoms with van der Waals surface area (Å²) in [5.74, 6) is 0. The Morgan fingerprint density at radius 2 is 1.41 bits per heavy atom. The van der Waals surface area contributed by atoms with Crippen LogP contribution in [0.15, 0.2) is 65.6 Å². The summed E-state index contributed by atoms with van der Waals surface area (Å²) < 4.78 is 28.8. The number of benzene rings is 2. The molecule has 0 spiro atoms. The van der Waals surface area contributed by atoms with Gasteiger partial charge in [-0.25, -0.2) is 8.42 Å². The van der Waals surface area contributed by atoms with Crippen LogP contribution in [0.25, 0.3) is 10.9 Å². The first-order valence-electron chi connectivity index (χ1n) is 12.0. The van der Waals surface area contributed by atoms with Gasteiger partial charge in [0, 0.05) is 17.6 Å². The standard InChI is InChI=1S/C27H36N2O2S/c1-3-4-5-6-7-8-9-10-14-22-29(32(30,31)25-17-12-11-13-18-25)26-19-15-16-24-21-20-23(2)28-27(24)26/h11-13,15-21H,3-10,14,22H2,1-2H3. The lowest BCUT2D eigenvalue weighted by atomic mass is 10.1. The molecule has 0 N–H and O–H groups in total. The highest BCUT2D eigenvalue weighted by Gasteiger charge is 2.26. The number of anilines is 1. The third-order valence-corrected chi connectivity index (χ3v) is 7.73. The Kier molecular flexibility index (Phi) is 9.10. The molecule has 5 heteroatoms. The second-order valence-electron chi connectivity index (χ2n) is 8.52. The Hall–Kier alpha value is -2.40. The minimum absolute atomic E-state index is 0.320. The second kappa shape index (κ2) is 12.0. The molecule has 0 aliphatic rings. The quantitative estimate of drug-likeness (QED) is 0.256. The molecular weight excluding hydrogens is 416 g/mol. The SMILES string of the molecule is CCCCCCCCCCCN(c1cccc2ccc(C)nc12)S(=O)(=O)c1ccccc1. The fraction of sp³-hybridized carbons (Fsp3) is 0.444. The fourth-order valence-electron chi connectivity index (χ4n) is 4.09. The first kappa shape index (κ1) is 24.2. The maximum atomic E-state index is 13.6. The van der Waals surface area contributed by atoms with Crippen molar-refractivity contribution < 1.29 is 8.42 Å². The lowest BCUT2D eigenvalue weighted by molar-refractivity contribution is 0.562. The van der Waals surface area contributed by atoms with E-state index in [0.717, 1.165) is 35.9 Å². The van der Waals surface area contributed by atoms with Gasteiger partial charge in [-0.2, -0.15) is 0 Å². The third kappa shape index (κ3) is 6.32. The first-order valence-corrected chi connectivity index (χ1v) is 13.4. The van der Waals surface area contributed by atoms with Crippen molar-refractivity contribution in [1.29, 1.82) is 0 Å². The van der Waals surface area contributed by atoms with Crippen LogP contribution in [0.3, 0.4) is 0 Å². The number of unbranched alkanes of at least 4 members (excludes halogenated alkanes) is 8. The van der Waals surface area contributed by atoms with E-state index >= 15 is 0 Å². The minimum atomic E-state index is -3.67. The molecule has 0 aliphatic carbocycles. The topological polar surface area (TPSA) is 50.3 Å². The zero-order chi connectivity index (χ0) is 22.8. The number of sulfonamides is 1. The summed E-state index contributed by atoms with van der Waals surface area (Å²) in [6.07, 6.45) is 10.8. The highest BCUT2D eigenvalue weighted by molar-refractivity contribution is 7.92. The Balaban J connectivity index is 1.77. The van der Waals surface area contributed by atoms with Crippen molar-refractivity contribution in [2.24, 2.45) is 0 Å². The van der Waals surface area contributed by atoms with Gasteiger partial charge in [0.15, 0.2) is 0 Å². The molecule has 0 fully saturated rings. The molecule has 0 saturated carbocycles. The Labute approximate surface area is 193 Å². The van der Waals surface area contributed by atoms with Crippen molar-refractivity contribution in [3.63, 3.8) is 0 Å². The monoisotopic (exact) mass is 452 g/mol. The van der Waals surface area contributed by atoms with Gasteiger partial charge in [0.25, 0.3) is 10.0 Å². The van der Waals surface area contributed by atoms with E-state index in [4.69, 9.17) is 4.98 Å². The van der Waals surface area contributed by atoms with Crippen molar-refractivity contribution >= 4 is 26.6 Å². The molecule has 172 valence electrons. The lowest BCUT2D eigenvalue weighted by Crippen LogP contribution is -2.32. The van der Waals surface area contributed by atoms with Crippen LogP contribution in [-0.2, 0) is 10.0 Å². The van der Waals surface area contributed by atoms with Gasteiger partial charge in [-0.05, 0) is 37.6 Å². The number of aromatic nitrogens is 1. The maximum absolute atomic E-state index is 13.6. The summed E-state index contributed by atoms with van der Waals surface area (Å²) >= 11 is 0. The van der Waals surface area contributed by atoms with Crippen molar-refractivity contribution in [3.8, 4) is 0 Å². The van der Waals surface area contributed by atoms with Gasteiger partial charge in [-0.3, -0.25) is 9.29 Å². The number of fused-ring (bicyclic) bond motifs is 1. The molecule has 1 heterocycles. The van der Waals surface area contributed by atoms with Gasteiger partial charge in [0.2, 0.25) is 0 Å². The number of aryl methyl sites for hydroxylation is 1. The Morgan fingerprint density at radius 3 is 2.09 bits per heavy atom. The lowest BCUT2D eigenvalue weighted by Gasteiger charge is -2.25. The number of rotatable bonds is 13. The molecular formula is C27H36N2O2S. The van der Waals surface area contributed by atoms with Crippen LogP contribution in [0.2, 0.25) is 0 Å². The number of hydrogen-bond acceptors (Lipinski definition) is 3. The molecule has 0 aliphatic heterocycles. The molecule has 0 saturated heterocycles. The molecule has 3 rings (SSSR count). The predicted octanol–water partition coefficient (Wildman–Crippen LogP) is 7.27. The van der Waals surface area contributed by atoms with Crippen LogP contribution in [0, 0.1) is 6.92 Å². The van der Waals surface area contributed by atoms with Gasteiger partial charge in [0.1, 0.15) is 0 Å². The molecule has 0 amide bonds. The van der Waals surface area contributed by atoms with Crippen molar-refractivity contribution in [2.45, 2.75) is 76.5 Å². The molecule has 4 nitrogen and oxygen atoms in total. The molecule has 0 unspecified atom stereocenters. The number of hydrogen-bond donors (Lipinski definition) is 0.